The minimum absolute atomic E-state index is 0.281. The zero-order chi connectivity index (χ0) is 12.0. The SMILES string of the molecule is CCCC(C)CC(N)C(C)c1ccccc1. The van der Waals surface area contributed by atoms with Crippen molar-refractivity contribution in [1.82, 2.24) is 0 Å². The van der Waals surface area contributed by atoms with Gasteiger partial charge in [0.15, 0.2) is 0 Å². The molecule has 0 aliphatic heterocycles. The van der Waals surface area contributed by atoms with Gasteiger partial charge in [-0.3, -0.25) is 0 Å². The largest absolute Gasteiger partial charge is 0.327 e. The lowest BCUT2D eigenvalue weighted by Crippen LogP contribution is -2.28. The standard InChI is InChI=1S/C15H25N/c1-4-8-12(2)11-15(16)13(3)14-9-6-5-7-10-14/h5-7,9-10,12-13,15H,4,8,11,16H2,1-3H3. The molecule has 3 unspecified atom stereocenters. The third-order valence-electron chi connectivity index (χ3n) is 3.42. The van der Waals surface area contributed by atoms with Crippen molar-refractivity contribution < 1.29 is 0 Å². The molecule has 0 spiro atoms. The highest BCUT2D eigenvalue weighted by molar-refractivity contribution is 5.20. The molecule has 0 aliphatic carbocycles. The van der Waals surface area contributed by atoms with E-state index in [1.807, 2.05) is 0 Å². The van der Waals surface area contributed by atoms with Gasteiger partial charge in [-0.1, -0.05) is 63.9 Å². The maximum absolute atomic E-state index is 6.28. The minimum atomic E-state index is 0.281. The van der Waals surface area contributed by atoms with Crippen LogP contribution in [0.1, 0.15) is 51.5 Å². The lowest BCUT2D eigenvalue weighted by atomic mass is 9.87. The van der Waals surface area contributed by atoms with E-state index in [0.717, 1.165) is 12.3 Å². The molecule has 1 heteroatoms. The fourth-order valence-corrected chi connectivity index (χ4v) is 2.28. The van der Waals surface area contributed by atoms with Gasteiger partial charge in [-0.25, -0.2) is 0 Å². The monoisotopic (exact) mass is 219 g/mol. The van der Waals surface area contributed by atoms with Gasteiger partial charge in [-0.15, -0.1) is 0 Å². The van der Waals surface area contributed by atoms with Gasteiger partial charge < -0.3 is 5.73 Å². The lowest BCUT2D eigenvalue weighted by molar-refractivity contribution is 0.403. The number of hydrogen-bond donors (Lipinski definition) is 1. The molecule has 0 amide bonds. The molecule has 0 saturated carbocycles. The van der Waals surface area contributed by atoms with Crippen molar-refractivity contribution in [2.75, 3.05) is 0 Å². The maximum Gasteiger partial charge on any atom is 0.0108 e. The topological polar surface area (TPSA) is 26.0 Å². The first-order valence-corrected chi connectivity index (χ1v) is 6.45. The molecule has 0 fully saturated rings. The van der Waals surface area contributed by atoms with Crippen LogP contribution in [0.4, 0.5) is 0 Å². The Hall–Kier alpha value is -0.820. The average molecular weight is 219 g/mol. The Morgan fingerprint density at radius 1 is 1.12 bits per heavy atom. The predicted molar refractivity (Wildman–Crippen MR) is 71.5 cm³/mol. The van der Waals surface area contributed by atoms with Crippen LogP contribution < -0.4 is 5.73 Å². The van der Waals surface area contributed by atoms with Crippen LogP contribution in [0, 0.1) is 5.92 Å². The molecule has 0 aliphatic rings. The van der Waals surface area contributed by atoms with Gasteiger partial charge >= 0.3 is 0 Å². The normalized spacial score (nSPS) is 16.8. The Morgan fingerprint density at radius 2 is 1.75 bits per heavy atom. The molecular formula is C15H25N. The van der Waals surface area contributed by atoms with Gasteiger partial charge in [0, 0.05) is 6.04 Å². The summed E-state index contributed by atoms with van der Waals surface area (Å²) >= 11 is 0. The van der Waals surface area contributed by atoms with E-state index >= 15 is 0 Å². The average Bonchev–Trinajstić information content (AvgIpc) is 2.29. The second-order valence-electron chi connectivity index (χ2n) is 4.99. The smallest absolute Gasteiger partial charge is 0.0108 e. The second-order valence-corrected chi connectivity index (χ2v) is 4.99. The summed E-state index contributed by atoms with van der Waals surface area (Å²) in [7, 11) is 0. The molecule has 0 saturated heterocycles. The molecule has 16 heavy (non-hydrogen) atoms. The molecule has 1 aromatic carbocycles. The summed E-state index contributed by atoms with van der Waals surface area (Å²) in [5, 5.41) is 0. The summed E-state index contributed by atoms with van der Waals surface area (Å²) in [4.78, 5) is 0. The van der Waals surface area contributed by atoms with Gasteiger partial charge in [-0.05, 0) is 23.8 Å². The van der Waals surface area contributed by atoms with E-state index in [1.165, 1.54) is 18.4 Å². The Kier molecular flexibility index (Phi) is 5.54. The zero-order valence-electron chi connectivity index (χ0n) is 10.8. The van der Waals surface area contributed by atoms with Crippen molar-refractivity contribution in [2.24, 2.45) is 11.7 Å². The third-order valence-corrected chi connectivity index (χ3v) is 3.42. The van der Waals surface area contributed by atoms with E-state index in [-0.39, 0.29) is 6.04 Å². The fraction of sp³-hybridized carbons (Fsp3) is 0.600. The highest BCUT2D eigenvalue weighted by Gasteiger charge is 2.16. The van der Waals surface area contributed by atoms with Gasteiger partial charge in [0.2, 0.25) is 0 Å². The molecule has 1 aromatic rings. The Bertz CT molecular complexity index is 281. The number of rotatable bonds is 6. The first kappa shape index (κ1) is 13.2. The quantitative estimate of drug-likeness (QED) is 0.770. The summed E-state index contributed by atoms with van der Waals surface area (Å²) in [5.41, 5.74) is 7.64. The molecule has 1 rings (SSSR count). The van der Waals surface area contributed by atoms with E-state index in [1.54, 1.807) is 0 Å². The highest BCUT2D eigenvalue weighted by Crippen LogP contribution is 2.23. The first-order valence-electron chi connectivity index (χ1n) is 6.45. The molecule has 0 aromatic heterocycles. The van der Waals surface area contributed by atoms with Crippen molar-refractivity contribution in [3.05, 3.63) is 35.9 Å². The van der Waals surface area contributed by atoms with E-state index < -0.39 is 0 Å². The summed E-state index contributed by atoms with van der Waals surface area (Å²) in [6.45, 7) is 6.78. The van der Waals surface area contributed by atoms with Gasteiger partial charge in [0.05, 0.1) is 0 Å². The number of benzene rings is 1. The molecule has 90 valence electrons. The Morgan fingerprint density at radius 3 is 2.31 bits per heavy atom. The second kappa shape index (κ2) is 6.70. The Labute approximate surface area is 100 Å². The summed E-state index contributed by atoms with van der Waals surface area (Å²) in [6.07, 6.45) is 3.67. The van der Waals surface area contributed by atoms with Crippen molar-refractivity contribution in [3.8, 4) is 0 Å². The molecular weight excluding hydrogens is 194 g/mol. The van der Waals surface area contributed by atoms with Crippen molar-refractivity contribution in [2.45, 2.75) is 52.0 Å². The van der Waals surface area contributed by atoms with Crippen LogP contribution in [0.3, 0.4) is 0 Å². The molecule has 0 heterocycles. The molecule has 3 atom stereocenters. The van der Waals surface area contributed by atoms with Crippen LogP contribution in [0.5, 0.6) is 0 Å². The highest BCUT2D eigenvalue weighted by atomic mass is 14.6. The molecule has 0 bridgehead atoms. The third kappa shape index (κ3) is 3.97. The minimum Gasteiger partial charge on any atom is -0.327 e. The van der Waals surface area contributed by atoms with Gasteiger partial charge in [0.1, 0.15) is 0 Å². The fourth-order valence-electron chi connectivity index (χ4n) is 2.28. The predicted octanol–water partition coefficient (Wildman–Crippen LogP) is 3.94. The Balaban J connectivity index is 2.51. The van der Waals surface area contributed by atoms with Crippen LogP contribution in [-0.4, -0.2) is 6.04 Å². The zero-order valence-corrected chi connectivity index (χ0v) is 10.8. The van der Waals surface area contributed by atoms with E-state index in [2.05, 4.69) is 51.1 Å². The van der Waals surface area contributed by atoms with Crippen LogP contribution in [0.25, 0.3) is 0 Å². The molecule has 2 N–H and O–H groups in total. The van der Waals surface area contributed by atoms with Crippen LogP contribution in [-0.2, 0) is 0 Å². The summed E-state index contributed by atoms with van der Waals surface area (Å²) in [6, 6.07) is 10.9. The van der Waals surface area contributed by atoms with Gasteiger partial charge in [0.25, 0.3) is 0 Å². The molecule has 1 nitrogen and oxygen atoms in total. The van der Waals surface area contributed by atoms with Crippen LogP contribution in [0.2, 0.25) is 0 Å². The molecule has 0 radical (unpaired) electrons. The number of hydrogen-bond acceptors (Lipinski definition) is 1. The number of nitrogens with two attached hydrogens (primary N) is 1. The maximum atomic E-state index is 6.28. The van der Waals surface area contributed by atoms with E-state index in [9.17, 15) is 0 Å². The van der Waals surface area contributed by atoms with Crippen LogP contribution >= 0.6 is 0 Å². The van der Waals surface area contributed by atoms with Crippen molar-refractivity contribution >= 4 is 0 Å². The lowest BCUT2D eigenvalue weighted by Gasteiger charge is -2.23. The summed E-state index contributed by atoms with van der Waals surface area (Å²) in [5.74, 6) is 1.20. The first-order chi connectivity index (χ1) is 7.65. The van der Waals surface area contributed by atoms with Gasteiger partial charge in [-0.2, -0.15) is 0 Å². The van der Waals surface area contributed by atoms with E-state index in [0.29, 0.717) is 5.92 Å². The van der Waals surface area contributed by atoms with Crippen molar-refractivity contribution in [3.63, 3.8) is 0 Å². The summed E-state index contributed by atoms with van der Waals surface area (Å²) < 4.78 is 0. The van der Waals surface area contributed by atoms with E-state index in [4.69, 9.17) is 5.73 Å². The van der Waals surface area contributed by atoms with Crippen LogP contribution in [0.15, 0.2) is 30.3 Å². The van der Waals surface area contributed by atoms with Crippen molar-refractivity contribution in [1.29, 1.82) is 0 Å².